The van der Waals surface area contributed by atoms with Crippen LogP contribution in [0.15, 0.2) is 34.0 Å². The standard InChI is InChI=1S/C9H7NO5S/c11-8-4-5-3-6(16(13,14)15)1-2-7(5)10-9(8)12/h1-4,11H,(H,10,12)(H,13,14,15). The maximum atomic E-state index is 11.0. The third-order valence-electron chi connectivity index (χ3n) is 2.09. The van der Waals surface area contributed by atoms with Crippen molar-refractivity contribution < 1.29 is 18.1 Å². The number of nitrogens with one attached hydrogen (secondary N) is 1. The molecule has 3 N–H and O–H groups in total. The third-order valence-corrected chi connectivity index (χ3v) is 2.94. The molecule has 1 aromatic heterocycles. The molecule has 0 amide bonds. The van der Waals surface area contributed by atoms with E-state index in [-0.39, 0.29) is 4.90 Å². The predicted octanol–water partition coefficient (Wildman–Crippen LogP) is 0.480. The predicted molar refractivity (Wildman–Crippen MR) is 56.0 cm³/mol. The Bertz CT molecular complexity index is 716. The number of hydrogen-bond acceptors (Lipinski definition) is 4. The zero-order chi connectivity index (χ0) is 11.9. The van der Waals surface area contributed by atoms with Crippen molar-refractivity contribution in [2.24, 2.45) is 0 Å². The van der Waals surface area contributed by atoms with Gasteiger partial charge in [-0.1, -0.05) is 0 Å². The highest BCUT2D eigenvalue weighted by Crippen LogP contribution is 2.18. The molecule has 7 heteroatoms. The van der Waals surface area contributed by atoms with Crippen molar-refractivity contribution in [2.75, 3.05) is 0 Å². The summed E-state index contributed by atoms with van der Waals surface area (Å²) in [6.07, 6.45) is 0. The minimum atomic E-state index is -4.29. The fourth-order valence-electron chi connectivity index (χ4n) is 1.33. The molecule has 2 rings (SSSR count). The number of aromatic amines is 1. The number of H-pyrrole nitrogens is 1. The summed E-state index contributed by atoms with van der Waals surface area (Å²) in [5, 5.41) is 9.47. The molecule has 0 unspecified atom stereocenters. The van der Waals surface area contributed by atoms with Gasteiger partial charge in [-0.25, -0.2) is 0 Å². The Morgan fingerprint density at radius 2 is 1.88 bits per heavy atom. The van der Waals surface area contributed by atoms with E-state index in [0.29, 0.717) is 10.9 Å². The summed E-state index contributed by atoms with van der Waals surface area (Å²) < 4.78 is 30.5. The van der Waals surface area contributed by atoms with Crippen LogP contribution in [-0.2, 0) is 10.1 Å². The van der Waals surface area contributed by atoms with Gasteiger partial charge in [-0.2, -0.15) is 8.42 Å². The monoisotopic (exact) mass is 241 g/mol. The average molecular weight is 241 g/mol. The van der Waals surface area contributed by atoms with Gasteiger partial charge in [0.15, 0.2) is 5.75 Å². The van der Waals surface area contributed by atoms with Gasteiger partial charge >= 0.3 is 0 Å². The molecule has 84 valence electrons. The lowest BCUT2D eigenvalue weighted by atomic mass is 10.2. The number of hydrogen-bond donors (Lipinski definition) is 3. The van der Waals surface area contributed by atoms with Gasteiger partial charge in [0, 0.05) is 10.9 Å². The largest absolute Gasteiger partial charge is 0.503 e. The topological polar surface area (TPSA) is 107 Å². The summed E-state index contributed by atoms with van der Waals surface area (Å²) >= 11 is 0. The molecule has 0 aliphatic rings. The Labute approximate surface area is 89.9 Å². The van der Waals surface area contributed by atoms with Gasteiger partial charge < -0.3 is 10.1 Å². The molecule has 2 aromatic rings. The molecule has 0 saturated heterocycles. The van der Waals surface area contributed by atoms with Crippen LogP contribution in [0, 0.1) is 0 Å². The van der Waals surface area contributed by atoms with Crippen molar-refractivity contribution in [1.82, 2.24) is 4.98 Å². The van der Waals surface area contributed by atoms with Gasteiger partial charge in [0.05, 0.1) is 4.90 Å². The Hall–Kier alpha value is -1.86. The summed E-state index contributed by atoms with van der Waals surface area (Å²) in [6, 6.07) is 4.77. The van der Waals surface area contributed by atoms with Crippen molar-refractivity contribution in [1.29, 1.82) is 0 Å². The molecular weight excluding hydrogens is 234 g/mol. The first-order chi connectivity index (χ1) is 7.38. The van der Waals surface area contributed by atoms with E-state index in [9.17, 15) is 13.2 Å². The van der Waals surface area contributed by atoms with Gasteiger partial charge in [-0.3, -0.25) is 9.35 Å². The van der Waals surface area contributed by atoms with E-state index >= 15 is 0 Å². The number of rotatable bonds is 1. The quantitative estimate of drug-likeness (QED) is 0.629. The lowest BCUT2D eigenvalue weighted by molar-refractivity contribution is 0.467. The maximum Gasteiger partial charge on any atom is 0.294 e. The van der Waals surface area contributed by atoms with Gasteiger partial charge in [0.1, 0.15) is 0 Å². The van der Waals surface area contributed by atoms with Crippen molar-refractivity contribution in [3.8, 4) is 5.75 Å². The van der Waals surface area contributed by atoms with E-state index in [4.69, 9.17) is 9.66 Å². The molecule has 0 spiro atoms. The molecule has 1 aromatic carbocycles. The third kappa shape index (κ3) is 1.77. The first-order valence-corrected chi connectivity index (χ1v) is 5.65. The van der Waals surface area contributed by atoms with Crippen LogP contribution in [0.3, 0.4) is 0 Å². The van der Waals surface area contributed by atoms with Crippen LogP contribution in [0.1, 0.15) is 0 Å². The molecule has 6 nitrogen and oxygen atoms in total. The summed E-state index contributed by atoms with van der Waals surface area (Å²) in [7, 11) is -4.29. The minimum Gasteiger partial charge on any atom is -0.503 e. The molecule has 0 bridgehead atoms. The van der Waals surface area contributed by atoms with Gasteiger partial charge in [0.2, 0.25) is 0 Å². The zero-order valence-electron chi connectivity index (χ0n) is 7.84. The summed E-state index contributed by atoms with van der Waals surface area (Å²) in [4.78, 5) is 13.1. The molecule has 0 radical (unpaired) electrons. The Kier molecular flexibility index (Phi) is 2.21. The van der Waals surface area contributed by atoms with E-state index in [1.165, 1.54) is 6.07 Å². The van der Waals surface area contributed by atoms with Crippen LogP contribution < -0.4 is 5.56 Å². The first-order valence-electron chi connectivity index (χ1n) is 4.21. The lowest BCUT2D eigenvalue weighted by Gasteiger charge is -2.01. The zero-order valence-corrected chi connectivity index (χ0v) is 8.65. The average Bonchev–Trinajstić information content (AvgIpc) is 2.17. The van der Waals surface area contributed by atoms with Crippen molar-refractivity contribution in [2.45, 2.75) is 4.90 Å². The number of pyridine rings is 1. The SMILES string of the molecule is O=c1[nH]c2ccc(S(=O)(=O)O)cc2cc1O. The molecule has 0 fully saturated rings. The normalized spacial score (nSPS) is 11.8. The Morgan fingerprint density at radius 3 is 2.50 bits per heavy atom. The second-order valence-electron chi connectivity index (χ2n) is 3.21. The molecule has 16 heavy (non-hydrogen) atoms. The van der Waals surface area contributed by atoms with E-state index in [0.717, 1.165) is 18.2 Å². The number of benzene rings is 1. The lowest BCUT2D eigenvalue weighted by Crippen LogP contribution is -2.05. The number of fused-ring (bicyclic) bond motifs is 1. The summed E-state index contributed by atoms with van der Waals surface area (Å²) in [6.45, 7) is 0. The molecule has 1 heterocycles. The Morgan fingerprint density at radius 1 is 1.19 bits per heavy atom. The fraction of sp³-hybridized carbons (Fsp3) is 0. The summed E-state index contributed by atoms with van der Waals surface area (Å²) in [5.41, 5.74) is -0.290. The van der Waals surface area contributed by atoms with E-state index < -0.39 is 21.4 Å². The smallest absolute Gasteiger partial charge is 0.294 e. The van der Waals surface area contributed by atoms with Gasteiger partial charge in [-0.05, 0) is 24.3 Å². The number of aromatic hydroxyl groups is 1. The second kappa shape index (κ2) is 3.32. The van der Waals surface area contributed by atoms with Crippen molar-refractivity contribution in [3.05, 3.63) is 34.6 Å². The van der Waals surface area contributed by atoms with Gasteiger partial charge in [0.25, 0.3) is 15.7 Å². The molecule has 0 atom stereocenters. The highest BCUT2D eigenvalue weighted by Gasteiger charge is 2.10. The van der Waals surface area contributed by atoms with Crippen LogP contribution in [0.5, 0.6) is 5.75 Å². The number of aromatic nitrogens is 1. The Balaban J connectivity index is 2.82. The summed E-state index contributed by atoms with van der Waals surface area (Å²) in [5.74, 6) is -0.514. The molecular formula is C9H7NO5S. The van der Waals surface area contributed by atoms with E-state index in [1.807, 2.05) is 0 Å². The van der Waals surface area contributed by atoms with Crippen LogP contribution in [0.2, 0.25) is 0 Å². The van der Waals surface area contributed by atoms with Crippen molar-refractivity contribution in [3.63, 3.8) is 0 Å². The van der Waals surface area contributed by atoms with Crippen LogP contribution >= 0.6 is 0 Å². The molecule has 0 saturated carbocycles. The first kappa shape index (κ1) is 10.7. The van der Waals surface area contributed by atoms with Crippen LogP contribution in [-0.4, -0.2) is 23.1 Å². The highest BCUT2D eigenvalue weighted by molar-refractivity contribution is 7.85. The fourth-order valence-corrected chi connectivity index (χ4v) is 1.85. The second-order valence-corrected chi connectivity index (χ2v) is 4.63. The minimum absolute atomic E-state index is 0.300. The van der Waals surface area contributed by atoms with E-state index in [2.05, 4.69) is 4.98 Å². The molecule has 0 aliphatic carbocycles. The van der Waals surface area contributed by atoms with E-state index in [1.54, 1.807) is 0 Å². The van der Waals surface area contributed by atoms with Gasteiger partial charge in [-0.15, -0.1) is 0 Å². The van der Waals surface area contributed by atoms with Crippen LogP contribution in [0.4, 0.5) is 0 Å². The highest BCUT2D eigenvalue weighted by atomic mass is 32.2. The maximum absolute atomic E-state index is 11.0. The molecule has 0 aliphatic heterocycles. The van der Waals surface area contributed by atoms with Crippen LogP contribution in [0.25, 0.3) is 10.9 Å². The van der Waals surface area contributed by atoms with Crippen molar-refractivity contribution >= 4 is 21.0 Å².